The maximum absolute atomic E-state index is 12.2. The molecule has 0 radical (unpaired) electrons. The van der Waals surface area contributed by atoms with E-state index in [0.29, 0.717) is 0 Å². The van der Waals surface area contributed by atoms with Crippen molar-refractivity contribution < 1.29 is 14.8 Å². The summed E-state index contributed by atoms with van der Waals surface area (Å²) in [6, 6.07) is 11.3. The summed E-state index contributed by atoms with van der Waals surface area (Å²) in [5, 5.41) is 26.5. The molecule has 0 aliphatic carbocycles. The second-order valence-electron chi connectivity index (χ2n) is 5.33. The summed E-state index contributed by atoms with van der Waals surface area (Å²) < 4.78 is 1.06. The van der Waals surface area contributed by atoms with Crippen LogP contribution in [0.1, 0.15) is 22.0 Å². The molecule has 0 spiro atoms. The zero-order chi connectivity index (χ0) is 18.0. The van der Waals surface area contributed by atoms with E-state index < -0.39 is 16.9 Å². The third-order valence-corrected chi connectivity index (χ3v) is 5.03. The lowest BCUT2D eigenvalue weighted by Gasteiger charge is -2.12. The van der Waals surface area contributed by atoms with Gasteiger partial charge in [-0.1, -0.05) is 29.8 Å². The van der Waals surface area contributed by atoms with Crippen molar-refractivity contribution >= 4 is 44.6 Å². The number of benzene rings is 2. The summed E-state index contributed by atoms with van der Waals surface area (Å²) in [6.07, 6.45) is -0.864. The van der Waals surface area contributed by atoms with Crippen LogP contribution in [0, 0.1) is 10.1 Å². The molecule has 0 bridgehead atoms. The molecule has 3 aromatic rings. The lowest BCUT2D eigenvalue weighted by molar-refractivity contribution is -0.384. The number of nitrogens with one attached hydrogen (secondary N) is 1. The topological polar surface area (TPSA) is 92.5 Å². The van der Waals surface area contributed by atoms with E-state index in [4.69, 9.17) is 11.6 Å². The Kier molecular flexibility index (Phi) is 4.98. The molecule has 1 atom stereocenters. The summed E-state index contributed by atoms with van der Waals surface area (Å²) in [6.45, 7) is 0.00682. The zero-order valence-electron chi connectivity index (χ0n) is 12.8. The quantitative estimate of drug-likeness (QED) is 0.521. The van der Waals surface area contributed by atoms with Crippen molar-refractivity contribution in [2.45, 2.75) is 6.10 Å². The van der Waals surface area contributed by atoms with Gasteiger partial charge >= 0.3 is 0 Å². The van der Waals surface area contributed by atoms with E-state index in [-0.39, 0.29) is 22.8 Å². The monoisotopic (exact) mass is 376 g/mol. The van der Waals surface area contributed by atoms with E-state index in [2.05, 4.69) is 5.32 Å². The van der Waals surface area contributed by atoms with Gasteiger partial charge in [0.1, 0.15) is 0 Å². The van der Waals surface area contributed by atoms with Crippen LogP contribution in [0.4, 0.5) is 5.69 Å². The number of amides is 1. The van der Waals surface area contributed by atoms with Gasteiger partial charge in [0.25, 0.3) is 11.6 Å². The minimum Gasteiger partial charge on any atom is -0.387 e. The van der Waals surface area contributed by atoms with Gasteiger partial charge in [-0.15, -0.1) is 11.3 Å². The summed E-state index contributed by atoms with van der Waals surface area (Å²) in [5.41, 5.74) is 0.677. The van der Waals surface area contributed by atoms with Gasteiger partial charge in [0.2, 0.25) is 0 Å². The number of rotatable bonds is 5. The molecule has 25 heavy (non-hydrogen) atoms. The lowest BCUT2D eigenvalue weighted by atomic mass is 10.1. The predicted octanol–water partition coefficient (Wildman–Crippen LogP) is 3.93. The van der Waals surface area contributed by atoms with Crippen LogP contribution in [0.25, 0.3) is 10.1 Å². The number of hydrogen-bond donors (Lipinski definition) is 2. The van der Waals surface area contributed by atoms with E-state index in [1.807, 2.05) is 29.6 Å². The highest BCUT2D eigenvalue weighted by atomic mass is 35.5. The van der Waals surface area contributed by atoms with Crippen LogP contribution < -0.4 is 5.32 Å². The SMILES string of the molecule is O=C(NCC(O)c1csc2ccccc12)c1ccc([N+](=O)[O-])cc1Cl. The number of thiophene rings is 1. The van der Waals surface area contributed by atoms with Crippen molar-refractivity contribution in [3.05, 3.63) is 74.1 Å². The molecule has 1 unspecified atom stereocenters. The summed E-state index contributed by atoms with van der Waals surface area (Å²) in [5.74, 6) is -0.501. The first kappa shape index (κ1) is 17.3. The molecular weight excluding hydrogens is 364 g/mol. The largest absolute Gasteiger partial charge is 0.387 e. The predicted molar refractivity (Wildman–Crippen MR) is 97.2 cm³/mol. The summed E-state index contributed by atoms with van der Waals surface area (Å²) >= 11 is 7.46. The minimum atomic E-state index is -0.864. The first-order valence-corrected chi connectivity index (χ1v) is 8.59. The van der Waals surface area contributed by atoms with Crippen molar-refractivity contribution in [1.82, 2.24) is 5.32 Å². The van der Waals surface area contributed by atoms with E-state index in [1.54, 1.807) is 0 Å². The molecule has 0 fully saturated rings. The number of nitro groups is 1. The van der Waals surface area contributed by atoms with E-state index >= 15 is 0 Å². The van der Waals surface area contributed by atoms with Crippen LogP contribution in [0.15, 0.2) is 47.8 Å². The van der Waals surface area contributed by atoms with Gasteiger partial charge in [-0.3, -0.25) is 14.9 Å². The Balaban J connectivity index is 1.71. The number of nitro benzene ring substituents is 1. The van der Waals surface area contributed by atoms with E-state index in [9.17, 15) is 20.0 Å². The third kappa shape index (κ3) is 3.63. The fraction of sp³-hybridized carbons (Fsp3) is 0.118. The number of nitrogens with zero attached hydrogens (tertiary/aromatic N) is 1. The minimum absolute atomic E-state index is 0.00682. The smallest absolute Gasteiger partial charge is 0.270 e. The number of carbonyl (C=O) groups is 1. The third-order valence-electron chi connectivity index (χ3n) is 3.73. The molecule has 8 heteroatoms. The van der Waals surface area contributed by atoms with Crippen LogP contribution in [-0.4, -0.2) is 22.5 Å². The van der Waals surface area contributed by atoms with Crippen molar-refractivity contribution in [3.63, 3.8) is 0 Å². The van der Waals surface area contributed by atoms with Crippen LogP contribution >= 0.6 is 22.9 Å². The molecule has 0 saturated heterocycles. The van der Waals surface area contributed by atoms with Crippen molar-refractivity contribution in [2.24, 2.45) is 0 Å². The highest BCUT2D eigenvalue weighted by Gasteiger charge is 2.17. The Labute approximate surface area is 151 Å². The molecule has 0 saturated carbocycles. The van der Waals surface area contributed by atoms with Crippen molar-refractivity contribution in [1.29, 1.82) is 0 Å². The van der Waals surface area contributed by atoms with Crippen molar-refractivity contribution in [2.75, 3.05) is 6.54 Å². The van der Waals surface area contributed by atoms with Gasteiger partial charge in [0, 0.05) is 28.9 Å². The van der Waals surface area contributed by atoms with E-state index in [0.717, 1.165) is 21.7 Å². The molecular formula is C17H13ClN2O4S. The number of aliphatic hydroxyl groups is 1. The van der Waals surface area contributed by atoms with Crippen LogP contribution in [-0.2, 0) is 0 Å². The zero-order valence-corrected chi connectivity index (χ0v) is 14.4. The summed E-state index contributed by atoms with van der Waals surface area (Å²) in [7, 11) is 0. The van der Waals surface area contributed by atoms with Crippen LogP contribution in [0.2, 0.25) is 5.02 Å². The van der Waals surface area contributed by atoms with Crippen LogP contribution in [0.5, 0.6) is 0 Å². The Hall–Kier alpha value is -2.48. The van der Waals surface area contributed by atoms with Gasteiger partial charge in [-0.05, 0) is 22.9 Å². The maximum Gasteiger partial charge on any atom is 0.270 e. The second-order valence-corrected chi connectivity index (χ2v) is 6.65. The first-order valence-electron chi connectivity index (χ1n) is 7.33. The number of aliphatic hydroxyl groups excluding tert-OH is 1. The first-order chi connectivity index (χ1) is 12.0. The molecule has 3 rings (SSSR count). The number of hydrogen-bond acceptors (Lipinski definition) is 5. The molecule has 128 valence electrons. The highest BCUT2D eigenvalue weighted by molar-refractivity contribution is 7.17. The Morgan fingerprint density at radius 3 is 2.80 bits per heavy atom. The molecule has 0 aliphatic rings. The van der Waals surface area contributed by atoms with Crippen LogP contribution in [0.3, 0.4) is 0 Å². The Morgan fingerprint density at radius 2 is 2.08 bits per heavy atom. The number of non-ortho nitro benzene ring substituents is 1. The van der Waals surface area contributed by atoms with Crippen molar-refractivity contribution in [3.8, 4) is 0 Å². The molecule has 1 amide bonds. The lowest BCUT2D eigenvalue weighted by Crippen LogP contribution is -2.28. The summed E-state index contributed by atoms with van der Waals surface area (Å²) in [4.78, 5) is 22.3. The molecule has 2 aromatic carbocycles. The number of carbonyl (C=O) groups excluding carboxylic acids is 1. The number of fused-ring (bicyclic) bond motifs is 1. The normalized spacial score (nSPS) is 12.1. The van der Waals surface area contributed by atoms with Gasteiger partial charge < -0.3 is 10.4 Å². The average molecular weight is 377 g/mol. The van der Waals surface area contributed by atoms with Gasteiger partial charge in [-0.25, -0.2) is 0 Å². The molecule has 1 heterocycles. The molecule has 1 aromatic heterocycles. The van der Waals surface area contributed by atoms with Gasteiger partial charge in [-0.2, -0.15) is 0 Å². The standard InChI is InChI=1S/C17H13ClN2O4S/c18-14-7-10(20(23)24)5-6-12(14)17(22)19-8-15(21)13-9-25-16-4-2-1-3-11(13)16/h1-7,9,15,21H,8H2,(H,19,22). The number of halogens is 1. The van der Waals surface area contributed by atoms with Gasteiger partial charge in [0.05, 0.1) is 21.6 Å². The second kappa shape index (κ2) is 7.18. The van der Waals surface area contributed by atoms with Gasteiger partial charge in [0.15, 0.2) is 0 Å². The maximum atomic E-state index is 12.2. The van der Waals surface area contributed by atoms with E-state index in [1.165, 1.54) is 23.5 Å². The molecule has 6 nitrogen and oxygen atoms in total. The fourth-order valence-electron chi connectivity index (χ4n) is 2.45. The Bertz CT molecular complexity index is 957. The fourth-order valence-corrected chi connectivity index (χ4v) is 3.72. The Morgan fingerprint density at radius 1 is 1.32 bits per heavy atom. The average Bonchev–Trinajstić information content (AvgIpc) is 3.03. The molecule has 0 aliphatic heterocycles. The highest BCUT2D eigenvalue weighted by Crippen LogP contribution is 2.30. The molecule has 2 N–H and O–H groups in total.